The van der Waals surface area contributed by atoms with Crippen molar-refractivity contribution in [2.75, 3.05) is 11.9 Å². The Balaban J connectivity index is 1.49. The highest BCUT2D eigenvalue weighted by Gasteiger charge is 2.34. The van der Waals surface area contributed by atoms with Gasteiger partial charge in [0.05, 0.1) is 23.4 Å². The van der Waals surface area contributed by atoms with Crippen molar-refractivity contribution in [2.24, 2.45) is 4.99 Å². The molecule has 0 spiro atoms. The molecular weight excluding hydrogens is 542 g/mol. The Morgan fingerprint density at radius 2 is 1.93 bits per heavy atom. The van der Waals surface area contributed by atoms with Gasteiger partial charge in [-0.1, -0.05) is 6.07 Å². The molecule has 0 atom stereocenters. The Morgan fingerprint density at radius 3 is 2.68 bits per heavy atom. The Kier molecular flexibility index (Phi) is 7.61. The fraction of sp³-hybridized carbons (Fsp3) is 0.267. The molecule has 41 heavy (non-hydrogen) atoms. The maximum Gasteiger partial charge on any atom is 0.419 e. The van der Waals surface area contributed by atoms with Gasteiger partial charge in [-0.15, -0.1) is 0 Å². The second-order valence-corrected chi connectivity index (χ2v) is 9.69. The molecule has 0 fully saturated rings. The number of rotatable bonds is 7. The van der Waals surface area contributed by atoms with E-state index in [-0.39, 0.29) is 42.7 Å². The summed E-state index contributed by atoms with van der Waals surface area (Å²) < 4.78 is 57.9. The lowest BCUT2D eigenvalue weighted by Gasteiger charge is -2.11. The molecule has 0 saturated heterocycles. The third kappa shape index (κ3) is 5.84. The second kappa shape index (κ2) is 11.1. The number of benzene rings is 2. The van der Waals surface area contributed by atoms with Gasteiger partial charge in [0.2, 0.25) is 0 Å². The van der Waals surface area contributed by atoms with E-state index in [0.29, 0.717) is 64.7 Å². The molecule has 2 heterocycles. The fourth-order valence-electron chi connectivity index (χ4n) is 5.07. The molecule has 212 valence electrons. The van der Waals surface area contributed by atoms with Gasteiger partial charge in [0, 0.05) is 47.3 Å². The van der Waals surface area contributed by atoms with E-state index in [2.05, 4.69) is 15.3 Å². The number of carbonyl (C=O) groups is 3. The van der Waals surface area contributed by atoms with Crippen LogP contribution in [-0.2, 0) is 33.3 Å². The minimum Gasteiger partial charge on any atom is -0.466 e. The minimum atomic E-state index is -4.84. The van der Waals surface area contributed by atoms with Crippen molar-refractivity contribution < 1.29 is 36.7 Å². The molecule has 0 bridgehead atoms. The van der Waals surface area contributed by atoms with Crippen LogP contribution in [0.15, 0.2) is 41.4 Å². The number of alkyl halides is 3. The average Bonchev–Trinajstić information content (AvgIpc) is 3.43. The molecule has 5 rings (SSSR count). The summed E-state index contributed by atoms with van der Waals surface area (Å²) in [7, 11) is 0. The third-order valence-electron chi connectivity index (χ3n) is 6.94. The van der Waals surface area contributed by atoms with Crippen molar-refractivity contribution >= 4 is 46.9 Å². The van der Waals surface area contributed by atoms with E-state index in [4.69, 9.17) is 4.74 Å². The third-order valence-corrected chi connectivity index (χ3v) is 6.94. The predicted molar refractivity (Wildman–Crippen MR) is 145 cm³/mol. The summed E-state index contributed by atoms with van der Waals surface area (Å²) in [5.41, 5.74) is 2.86. The monoisotopic (exact) mass is 567 g/mol. The van der Waals surface area contributed by atoms with E-state index in [1.165, 1.54) is 12.3 Å². The van der Waals surface area contributed by atoms with E-state index >= 15 is 0 Å². The quantitative estimate of drug-likeness (QED) is 0.149. The van der Waals surface area contributed by atoms with Gasteiger partial charge in [0.1, 0.15) is 5.82 Å². The van der Waals surface area contributed by atoms with Crippen LogP contribution in [0.4, 0.5) is 28.9 Å². The van der Waals surface area contributed by atoms with E-state index in [9.17, 15) is 31.9 Å². The number of aromatic amines is 1. The number of ether oxygens (including phenoxy) is 1. The maximum atomic E-state index is 13.6. The number of hydrogen-bond donors (Lipinski definition) is 2. The summed E-state index contributed by atoms with van der Waals surface area (Å²) in [6.07, 6.45) is 0.0637. The number of hydrogen-bond acceptors (Lipinski definition) is 5. The van der Waals surface area contributed by atoms with Crippen LogP contribution in [0.2, 0.25) is 0 Å². The van der Waals surface area contributed by atoms with Crippen molar-refractivity contribution in [3.05, 3.63) is 81.4 Å². The van der Waals surface area contributed by atoms with Gasteiger partial charge in [-0.05, 0) is 73.7 Å². The summed E-state index contributed by atoms with van der Waals surface area (Å²) >= 11 is 0. The van der Waals surface area contributed by atoms with Crippen LogP contribution in [0.5, 0.6) is 0 Å². The molecule has 0 unspecified atom stereocenters. The average molecular weight is 568 g/mol. The van der Waals surface area contributed by atoms with Crippen molar-refractivity contribution in [2.45, 2.75) is 45.2 Å². The normalized spacial score (nSPS) is 15.8. The highest BCUT2D eigenvalue weighted by atomic mass is 19.4. The molecule has 7 nitrogen and oxygen atoms in total. The van der Waals surface area contributed by atoms with E-state index in [0.717, 1.165) is 11.8 Å². The first-order valence-corrected chi connectivity index (χ1v) is 13.1. The van der Waals surface area contributed by atoms with Gasteiger partial charge in [-0.2, -0.15) is 13.2 Å². The van der Waals surface area contributed by atoms with Crippen molar-refractivity contribution in [1.82, 2.24) is 4.98 Å². The van der Waals surface area contributed by atoms with Crippen LogP contribution in [0.1, 0.15) is 70.2 Å². The molecule has 2 N–H and O–H groups in total. The van der Waals surface area contributed by atoms with Gasteiger partial charge < -0.3 is 15.0 Å². The number of aromatic nitrogens is 1. The van der Waals surface area contributed by atoms with E-state index in [1.54, 1.807) is 31.2 Å². The van der Waals surface area contributed by atoms with Crippen molar-refractivity contribution in [3.63, 3.8) is 0 Å². The molecule has 0 radical (unpaired) electrons. The molecule has 1 aliphatic carbocycles. The largest absolute Gasteiger partial charge is 0.466 e. The summed E-state index contributed by atoms with van der Waals surface area (Å²) in [5.74, 6) is -2.17. The predicted octanol–water partition coefficient (Wildman–Crippen LogP) is 6.43. The van der Waals surface area contributed by atoms with Crippen LogP contribution in [0.3, 0.4) is 0 Å². The lowest BCUT2D eigenvalue weighted by atomic mass is 9.91. The number of aryl methyl sites for hydroxylation is 1. The standard InChI is InChI=1S/C30H25F4N3O4/c1-2-41-27(39)11-8-18-25(36-24-4-3-5-26(38)28(18)24)14-20-19-13-17(7-10-23(19)37-29(20)40)35-15-16-6-9-22(31)21(12-16)30(32,33)34/h6-7,9-10,12-15,36H,2-5,8,11H2,1H3,(H,37,40). The fourth-order valence-corrected chi connectivity index (χ4v) is 5.07. The lowest BCUT2D eigenvalue weighted by molar-refractivity contribution is -0.143. The van der Waals surface area contributed by atoms with Crippen LogP contribution in [0.25, 0.3) is 11.6 Å². The molecule has 1 amide bonds. The number of amides is 1. The number of esters is 1. The molecular formula is C30H25F4N3O4. The number of ketones is 1. The highest BCUT2D eigenvalue weighted by molar-refractivity contribution is 6.35. The summed E-state index contributed by atoms with van der Waals surface area (Å²) in [6.45, 7) is 1.95. The molecule has 2 aromatic carbocycles. The second-order valence-electron chi connectivity index (χ2n) is 9.69. The number of Topliss-reactive ketones (excluding diaryl/α,β-unsaturated/α-hetero) is 1. The molecule has 1 aromatic heterocycles. The number of nitrogens with one attached hydrogen (secondary N) is 2. The van der Waals surface area contributed by atoms with Gasteiger partial charge in [-0.25, -0.2) is 4.39 Å². The first-order valence-electron chi connectivity index (χ1n) is 13.1. The van der Waals surface area contributed by atoms with Crippen LogP contribution < -0.4 is 5.32 Å². The Bertz CT molecular complexity index is 1620. The SMILES string of the molecule is CCOC(=O)CCc1c(C=C2C(=O)Nc3ccc(N=Cc4ccc(F)c(C(F)(F)F)c4)cc32)[nH]c2c1C(=O)CCC2. The Morgan fingerprint density at radius 1 is 1.12 bits per heavy atom. The lowest BCUT2D eigenvalue weighted by Crippen LogP contribution is -2.12. The van der Waals surface area contributed by atoms with Crippen LogP contribution >= 0.6 is 0 Å². The number of halogens is 4. The number of carbonyl (C=O) groups excluding carboxylic acids is 3. The number of H-pyrrole nitrogens is 1. The molecule has 1 aliphatic heterocycles. The molecule has 3 aromatic rings. The zero-order valence-electron chi connectivity index (χ0n) is 22.0. The van der Waals surface area contributed by atoms with Crippen LogP contribution in [-0.4, -0.2) is 35.5 Å². The minimum absolute atomic E-state index is 0.0200. The Hall–Kier alpha value is -4.54. The number of nitrogens with zero attached hydrogens (tertiary/aromatic N) is 1. The van der Waals surface area contributed by atoms with Gasteiger partial charge >= 0.3 is 12.1 Å². The van der Waals surface area contributed by atoms with Crippen molar-refractivity contribution in [3.8, 4) is 0 Å². The number of anilines is 1. The highest BCUT2D eigenvalue weighted by Crippen LogP contribution is 2.38. The maximum absolute atomic E-state index is 13.6. The molecule has 2 aliphatic rings. The number of aliphatic imine (C=N–C) groups is 1. The summed E-state index contributed by atoms with van der Waals surface area (Å²) in [5, 5.41) is 2.78. The first-order chi connectivity index (χ1) is 19.5. The van der Waals surface area contributed by atoms with Gasteiger partial charge in [-0.3, -0.25) is 19.4 Å². The van der Waals surface area contributed by atoms with E-state index in [1.807, 2.05) is 0 Å². The smallest absolute Gasteiger partial charge is 0.419 e. The zero-order chi connectivity index (χ0) is 29.3. The topological polar surface area (TPSA) is 101 Å². The van der Waals surface area contributed by atoms with E-state index < -0.39 is 17.6 Å². The Labute approximate surface area is 232 Å². The first kappa shape index (κ1) is 28.0. The van der Waals surface area contributed by atoms with Crippen molar-refractivity contribution in [1.29, 1.82) is 0 Å². The molecule has 11 heteroatoms. The van der Waals surface area contributed by atoms with Gasteiger partial charge in [0.15, 0.2) is 5.78 Å². The molecule has 0 saturated carbocycles. The van der Waals surface area contributed by atoms with Crippen LogP contribution in [0, 0.1) is 5.82 Å². The summed E-state index contributed by atoms with van der Waals surface area (Å²) in [6, 6.07) is 7.41. The van der Waals surface area contributed by atoms with Gasteiger partial charge in [0.25, 0.3) is 5.91 Å². The summed E-state index contributed by atoms with van der Waals surface area (Å²) in [4.78, 5) is 45.3. The zero-order valence-corrected chi connectivity index (χ0v) is 22.0. The number of fused-ring (bicyclic) bond motifs is 2.